The summed E-state index contributed by atoms with van der Waals surface area (Å²) in [5, 5.41) is 0.559. The first-order valence-corrected chi connectivity index (χ1v) is 6.60. The van der Waals surface area contributed by atoms with E-state index in [9.17, 15) is 4.39 Å². The van der Waals surface area contributed by atoms with Crippen molar-refractivity contribution < 1.29 is 4.39 Å². The van der Waals surface area contributed by atoms with Gasteiger partial charge in [0.25, 0.3) is 0 Å². The smallest absolute Gasteiger partial charge is 0.131 e. The van der Waals surface area contributed by atoms with Crippen LogP contribution in [0.5, 0.6) is 0 Å². The molecule has 2 aromatic rings. The van der Waals surface area contributed by atoms with Crippen molar-refractivity contribution in [2.45, 2.75) is 26.8 Å². The lowest BCUT2D eigenvalue weighted by molar-refractivity contribution is 0.629. The third-order valence-electron chi connectivity index (χ3n) is 3.39. The zero-order chi connectivity index (χ0) is 14.2. The first kappa shape index (κ1) is 14.0. The number of halogens is 2. The predicted molar refractivity (Wildman–Crippen MR) is 78.9 cm³/mol. The fourth-order valence-corrected chi connectivity index (χ4v) is 2.34. The van der Waals surface area contributed by atoms with Crippen molar-refractivity contribution in [1.82, 2.24) is 0 Å². The molecule has 2 N–H and O–H groups in total. The highest BCUT2D eigenvalue weighted by Crippen LogP contribution is 2.33. The summed E-state index contributed by atoms with van der Waals surface area (Å²) in [6, 6.07) is 8.57. The number of hydrogen-bond donors (Lipinski definition) is 1. The van der Waals surface area contributed by atoms with Crippen LogP contribution in [0.3, 0.4) is 0 Å². The van der Waals surface area contributed by atoms with Crippen LogP contribution in [0.4, 0.5) is 4.39 Å². The van der Waals surface area contributed by atoms with E-state index in [4.69, 9.17) is 17.3 Å². The fraction of sp³-hybridized carbons (Fsp3) is 0.250. The van der Waals surface area contributed by atoms with Crippen molar-refractivity contribution in [2.75, 3.05) is 0 Å². The highest BCUT2D eigenvalue weighted by Gasteiger charge is 2.12. The zero-order valence-electron chi connectivity index (χ0n) is 11.3. The summed E-state index contributed by atoms with van der Waals surface area (Å²) < 4.78 is 14.0. The second-order valence-corrected chi connectivity index (χ2v) is 5.35. The topological polar surface area (TPSA) is 26.0 Å². The Kier molecular flexibility index (Phi) is 3.93. The molecule has 0 bridgehead atoms. The molecule has 0 spiro atoms. The Morgan fingerprint density at radius 1 is 1.05 bits per heavy atom. The highest BCUT2D eigenvalue weighted by atomic mass is 35.5. The van der Waals surface area contributed by atoms with Crippen LogP contribution < -0.4 is 5.73 Å². The molecule has 1 nitrogen and oxygen atoms in total. The maximum absolute atomic E-state index is 14.0. The summed E-state index contributed by atoms with van der Waals surface area (Å²) >= 11 is 6.24. The van der Waals surface area contributed by atoms with E-state index < -0.39 is 0 Å². The number of rotatable bonds is 2. The van der Waals surface area contributed by atoms with Gasteiger partial charge in [-0.3, -0.25) is 0 Å². The normalized spacial score (nSPS) is 12.5. The lowest BCUT2D eigenvalue weighted by Crippen LogP contribution is -2.05. The van der Waals surface area contributed by atoms with Crippen molar-refractivity contribution in [3.63, 3.8) is 0 Å². The van der Waals surface area contributed by atoms with E-state index in [1.807, 2.05) is 32.9 Å². The number of hydrogen-bond acceptors (Lipinski definition) is 1. The summed E-state index contributed by atoms with van der Waals surface area (Å²) in [4.78, 5) is 0. The maximum Gasteiger partial charge on any atom is 0.131 e. The van der Waals surface area contributed by atoms with Gasteiger partial charge in [0, 0.05) is 22.2 Å². The summed E-state index contributed by atoms with van der Waals surface area (Å²) in [7, 11) is 0. The molecule has 100 valence electrons. The van der Waals surface area contributed by atoms with Crippen LogP contribution in [0, 0.1) is 19.7 Å². The van der Waals surface area contributed by atoms with Crippen molar-refractivity contribution in [2.24, 2.45) is 5.73 Å². The first-order valence-electron chi connectivity index (χ1n) is 6.22. The van der Waals surface area contributed by atoms with E-state index in [1.54, 1.807) is 12.1 Å². The van der Waals surface area contributed by atoms with Crippen molar-refractivity contribution in [1.29, 1.82) is 0 Å². The third-order valence-corrected chi connectivity index (χ3v) is 3.70. The number of nitrogens with two attached hydrogens (primary N) is 1. The van der Waals surface area contributed by atoms with E-state index in [2.05, 4.69) is 0 Å². The van der Waals surface area contributed by atoms with Gasteiger partial charge in [0.1, 0.15) is 5.82 Å². The molecule has 0 aliphatic carbocycles. The van der Waals surface area contributed by atoms with E-state index in [0.717, 1.165) is 16.7 Å². The second kappa shape index (κ2) is 5.32. The van der Waals surface area contributed by atoms with Crippen LogP contribution in [0.1, 0.15) is 29.7 Å². The van der Waals surface area contributed by atoms with Crippen LogP contribution in [0.2, 0.25) is 5.02 Å². The highest BCUT2D eigenvalue weighted by molar-refractivity contribution is 6.33. The van der Waals surface area contributed by atoms with Crippen LogP contribution in [-0.4, -0.2) is 0 Å². The molecule has 0 heterocycles. The summed E-state index contributed by atoms with van der Waals surface area (Å²) in [5.74, 6) is -0.283. The molecule has 0 saturated heterocycles. The van der Waals surface area contributed by atoms with E-state index >= 15 is 0 Å². The molecule has 3 heteroatoms. The Hall–Kier alpha value is -1.38. The molecule has 2 aromatic carbocycles. The minimum absolute atomic E-state index is 0.135. The van der Waals surface area contributed by atoms with Crippen LogP contribution >= 0.6 is 11.6 Å². The average Bonchev–Trinajstić information content (AvgIpc) is 2.34. The molecule has 0 aliphatic rings. The molecule has 2 rings (SSSR count). The van der Waals surface area contributed by atoms with Gasteiger partial charge < -0.3 is 5.73 Å². The van der Waals surface area contributed by atoms with Crippen LogP contribution in [0.15, 0.2) is 30.3 Å². The molecule has 0 amide bonds. The fourth-order valence-electron chi connectivity index (χ4n) is 2.02. The molecule has 0 saturated carbocycles. The Morgan fingerprint density at radius 3 is 2.32 bits per heavy atom. The van der Waals surface area contributed by atoms with Gasteiger partial charge in [-0.1, -0.05) is 17.7 Å². The Bertz CT molecular complexity index is 620. The summed E-state index contributed by atoms with van der Waals surface area (Å²) in [6.45, 7) is 5.85. The average molecular weight is 278 g/mol. The second-order valence-electron chi connectivity index (χ2n) is 4.94. The molecule has 0 aromatic heterocycles. The minimum atomic E-state index is -0.283. The monoisotopic (exact) mass is 277 g/mol. The number of benzene rings is 2. The van der Waals surface area contributed by atoms with Gasteiger partial charge in [0.15, 0.2) is 0 Å². The maximum atomic E-state index is 14.0. The van der Waals surface area contributed by atoms with Gasteiger partial charge in [-0.15, -0.1) is 0 Å². The van der Waals surface area contributed by atoms with Gasteiger partial charge in [-0.2, -0.15) is 0 Å². The third kappa shape index (κ3) is 2.80. The molecule has 19 heavy (non-hydrogen) atoms. The first-order chi connectivity index (χ1) is 8.90. The molecular weight excluding hydrogens is 261 g/mol. The lowest BCUT2D eigenvalue weighted by atomic mass is 9.97. The molecule has 0 radical (unpaired) electrons. The van der Waals surface area contributed by atoms with E-state index in [1.165, 1.54) is 6.07 Å². The van der Waals surface area contributed by atoms with Crippen molar-refractivity contribution >= 4 is 11.6 Å². The van der Waals surface area contributed by atoms with Gasteiger partial charge in [-0.25, -0.2) is 4.39 Å². The van der Waals surface area contributed by atoms with Gasteiger partial charge >= 0.3 is 0 Å². The summed E-state index contributed by atoms with van der Waals surface area (Å²) in [5.41, 5.74) is 10.1. The van der Waals surface area contributed by atoms with Crippen molar-refractivity contribution in [3.05, 3.63) is 57.9 Å². The Labute approximate surface area is 118 Å². The molecule has 0 aliphatic heterocycles. The largest absolute Gasteiger partial charge is 0.324 e. The lowest BCUT2D eigenvalue weighted by Gasteiger charge is -2.12. The SMILES string of the molecule is Cc1cc(Cl)c(-c2cc(C(C)N)ccc2F)cc1C. The summed E-state index contributed by atoms with van der Waals surface area (Å²) in [6.07, 6.45) is 0. The molecule has 1 unspecified atom stereocenters. The van der Waals surface area contributed by atoms with E-state index in [-0.39, 0.29) is 11.9 Å². The van der Waals surface area contributed by atoms with Crippen LogP contribution in [0.25, 0.3) is 11.1 Å². The minimum Gasteiger partial charge on any atom is -0.324 e. The zero-order valence-corrected chi connectivity index (χ0v) is 12.1. The van der Waals surface area contributed by atoms with Crippen molar-refractivity contribution in [3.8, 4) is 11.1 Å². The molecular formula is C16H17ClFN. The van der Waals surface area contributed by atoms with E-state index in [0.29, 0.717) is 16.1 Å². The standard InChI is InChI=1S/C16H17ClFN/c1-9-6-13(15(17)7-10(9)2)14-8-12(11(3)19)4-5-16(14)18/h4-8,11H,19H2,1-3H3. The van der Waals surface area contributed by atoms with Gasteiger partial charge in [0.05, 0.1) is 0 Å². The number of aryl methyl sites for hydroxylation is 2. The Morgan fingerprint density at radius 2 is 1.68 bits per heavy atom. The Balaban J connectivity index is 2.64. The molecule has 0 fully saturated rings. The quantitative estimate of drug-likeness (QED) is 0.840. The van der Waals surface area contributed by atoms with Gasteiger partial charge in [-0.05, 0) is 61.7 Å². The predicted octanol–water partition coefficient (Wildman–Crippen LogP) is 4.78. The molecule has 1 atom stereocenters. The van der Waals surface area contributed by atoms with Gasteiger partial charge in [0.2, 0.25) is 0 Å². The van der Waals surface area contributed by atoms with Crippen LogP contribution in [-0.2, 0) is 0 Å².